The number of carboxylic acid groups (broad SMARTS) is 1. The third kappa shape index (κ3) is 5.53. The van der Waals surface area contributed by atoms with E-state index >= 15 is 0 Å². The smallest absolute Gasteiger partial charge is 0.315 e. The van der Waals surface area contributed by atoms with E-state index in [4.69, 9.17) is 9.47 Å². The topological polar surface area (TPSA) is 150 Å². The summed E-state index contributed by atoms with van der Waals surface area (Å²) < 4.78 is 61.7. The summed E-state index contributed by atoms with van der Waals surface area (Å²) in [6.45, 7) is 0. The zero-order valence-corrected chi connectivity index (χ0v) is 27.8. The van der Waals surface area contributed by atoms with Gasteiger partial charge in [0.25, 0.3) is 0 Å². The first kappa shape index (κ1) is 31.4. The van der Waals surface area contributed by atoms with Crippen LogP contribution < -0.4 is 14.6 Å². The molecule has 0 radical (unpaired) electrons. The normalized spacial score (nSPS) is 25.5. The number of fused-ring (bicyclic) bond motifs is 1. The van der Waals surface area contributed by atoms with Crippen molar-refractivity contribution >= 4 is 73.2 Å². The van der Waals surface area contributed by atoms with Crippen molar-refractivity contribution in [2.75, 3.05) is 0 Å². The fraction of sp³-hybridized carbons (Fsp3) is 0.323. The Hall–Kier alpha value is -2.63. The van der Waals surface area contributed by atoms with Crippen molar-refractivity contribution in [3.63, 3.8) is 0 Å². The lowest BCUT2D eigenvalue weighted by atomic mass is 9.46. The number of rotatable bonds is 6. The van der Waals surface area contributed by atoms with Gasteiger partial charge in [-0.15, -0.1) is 0 Å². The summed E-state index contributed by atoms with van der Waals surface area (Å²) in [4.78, 5) is 38.9. The summed E-state index contributed by atoms with van der Waals surface area (Å²) in [7, 11) is -4.78. The van der Waals surface area contributed by atoms with E-state index < -0.39 is 73.7 Å². The molecule has 7 rings (SSSR count). The Morgan fingerprint density at radius 2 is 1.34 bits per heavy atom. The first-order chi connectivity index (χ1) is 20.9. The van der Waals surface area contributed by atoms with Gasteiger partial charge in [0.05, 0.1) is 22.7 Å². The number of carbonyl (C=O) groups is 3. The van der Waals surface area contributed by atoms with Gasteiger partial charge < -0.3 is 23.9 Å². The Labute approximate surface area is 279 Å². The minimum absolute atomic E-state index is 0.0159. The molecule has 0 heterocycles. The van der Waals surface area contributed by atoms with E-state index in [-0.39, 0.29) is 24.7 Å². The monoisotopic (exact) mass is 844 g/mol. The molecule has 9 nitrogen and oxygen atoms in total. The molecule has 0 saturated heterocycles. The van der Waals surface area contributed by atoms with E-state index in [9.17, 15) is 36.9 Å². The standard InChI is InChI=1S/C31H25FI2O9S/c32-20-11-14(29(35)36)9-10-23(20)43-31(38)27-25-18-7-3-1-5-16(18)24(17-6-2-4-8-19(17)25)26(27)30(37)42-15-12-21(33)28(22(34)13-15)44(39,40)41/h1,3,5,7,9-13,17,19,24-27H,2,4,6,8H2,(H,35,36)(H,39,40,41)/p-2. The van der Waals surface area contributed by atoms with Gasteiger partial charge in [-0.2, -0.15) is 0 Å². The molecule has 230 valence electrons. The first-order valence-electron chi connectivity index (χ1n) is 13.8. The third-order valence-electron chi connectivity index (χ3n) is 9.04. The number of carboxylic acids is 1. The van der Waals surface area contributed by atoms with E-state index in [1.807, 2.05) is 24.3 Å². The molecule has 3 aromatic rings. The molecule has 0 amide bonds. The molecule has 0 spiro atoms. The number of hydrogen-bond donors (Lipinski definition) is 0. The Bertz CT molecular complexity index is 1790. The Balaban J connectivity index is 1.41. The largest absolute Gasteiger partial charge is 0.744 e. The van der Waals surface area contributed by atoms with Gasteiger partial charge in [-0.25, -0.2) is 12.8 Å². The molecule has 6 unspecified atom stereocenters. The molecule has 3 aromatic carbocycles. The molecule has 0 aliphatic heterocycles. The molecule has 4 aliphatic rings. The molecule has 0 N–H and O–H groups in total. The molecule has 13 heteroatoms. The summed E-state index contributed by atoms with van der Waals surface area (Å²) in [6, 6.07) is 13.0. The minimum Gasteiger partial charge on any atom is -0.744 e. The van der Waals surface area contributed by atoms with E-state index in [1.165, 1.54) is 12.1 Å². The van der Waals surface area contributed by atoms with Crippen LogP contribution in [0.4, 0.5) is 4.39 Å². The van der Waals surface area contributed by atoms with Gasteiger partial charge in [0.2, 0.25) is 0 Å². The second-order valence-corrected chi connectivity index (χ2v) is 14.9. The van der Waals surface area contributed by atoms with Crippen molar-refractivity contribution in [1.29, 1.82) is 0 Å². The predicted octanol–water partition coefficient (Wildman–Crippen LogP) is 4.75. The second-order valence-electron chi connectivity index (χ2n) is 11.3. The number of hydrogen-bond acceptors (Lipinski definition) is 9. The van der Waals surface area contributed by atoms with Crippen molar-refractivity contribution in [2.24, 2.45) is 23.7 Å². The highest BCUT2D eigenvalue weighted by Gasteiger charge is 2.61. The average molecular weight is 844 g/mol. The summed E-state index contributed by atoms with van der Waals surface area (Å²) in [5, 5.41) is 11.2. The van der Waals surface area contributed by atoms with Gasteiger partial charge in [-0.05, 0) is 111 Å². The molecule has 2 fully saturated rings. The zero-order chi connectivity index (χ0) is 31.5. The van der Waals surface area contributed by atoms with Crippen molar-refractivity contribution in [1.82, 2.24) is 0 Å². The number of aromatic carboxylic acids is 1. The maximum absolute atomic E-state index is 14.8. The molecular weight excluding hydrogens is 821 g/mol. The Morgan fingerprint density at radius 3 is 1.82 bits per heavy atom. The van der Waals surface area contributed by atoms with Gasteiger partial charge in [0.1, 0.15) is 15.9 Å². The van der Waals surface area contributed by atoms with Crippen LogP contribution in [0.15, 0.2) is 59.5 Å². The number of carbonyl (C=O) groups excluding carboxylic acids is 3. The van der Waals surface area contributed by atoms with Crippen LogP contribution in [0.1, 0.15) is 59.0 Å². The molecule has 2 saturated carbocycles. The lowest BCUT2D eigenvalue weighted by Crippen LogP contribution is -2.56. The SMILES string of the molecule is O=C([O-])c1ccc(OC(=O)C2C(C(=O)Oc3cc(I)c(S(=O)(=O)[O-])c(I)c3)C3c4ccccc4C2C2CCCCC23)c(F)c1. The highest BCUT2D eigenvalue weighted by atomic mass is 127. The van der Waals surface area contributed by atoms with Crippen molar-refractivity contribution < 1.29 is 46.3 Å². The molecular formula is C31H23FI2O9S-2. The number of ether oxygens (including phenoxy) is 2. The van der Waals surface area contributed by atoms with Crippen LogP contribution in [0.25, 0.3) is 0 Å². The fourth-order valence-corrected chi connectivity index (χ4v) is 11.4. The zero-order valence-electron chi connectivity index (χ0n) is 22.7. The van der Waals surface area contributed by atoms with E-state index in [0.717, 1.165) is 48.9 Å². The van der Waals surface area contributed by atoms with E-state index in [2.05, 4.69) is 0 Å². The first-order valence-corrected chi connectivity index (χ1v) is 17.4. The number of halogens is 3. The van der Waals surface area contributed by atoms with Gasteiger partial charge in [0.15, 0.2) is 11.6 Å². The van der Waals surface area contributed by atoms with Gasteiger partial charge >= 0.3 is 11.9 Å². The van der Waals surface area contributed by atoms with E-state index in [0.29, 0.717) is 6.07 Å². The Kier molecular flexibility index (Phi) is 8.51. The van der Waals surface area contributed by atoms with Crippen LogP contribution in [0.2, 0.25) is 0 Å². The highest BCUT2D eigenvalue weighted by Crippen LogP contribution is 2.64. The summed E-state index contributed by atoms with van der Waals surface area (Å²) in [5.41, 5.74) is 1.47. The van der Waals surface area contributed by atoms with Crippen LogP contribution >= 0.6 is 45.2 Å². The fourth-order valence-electron chi connectivity index (χ4n) is 7.52. The molecule has 2 bridgehead atoms. The molecule has 6 atom stereocenters. The quantitative estimate of drug-likeness (QED) is 0.148. The van der Waals surface area contributed by atoms with Crippen molar-refractivity contribution in [3.8, 4) is 11.5 Å². The Morgan fingerprint density at radius 1 is 0.818 bits per heavy atom. The van der Waals surface area contributed by atoms with Crippen molar-refractivity contribution in [3.05, 3.63) is 84.2 Å². The summed E-state index contributed by atoms with van der Waals surface area (Å²) >= 11 is 3.38. The lowest BCUT2D eigenvalue weighted by molar-refractivity contribution is -0.255. The third-order valence-corrected chi connectivity index (χ3v) is 12.4. The van der Waals surface area contributed by atoms with Gasteiger partial charge in [-0.1, -0.05) is 37.1 Å². The molecule has 0 aromatic heterocycles. The van der Waals surface area contributed by atoms with E-state index in [1.54, 1.807) is 45.2 Å². The summed E-state index contributed by atoms with van der Waals surface area (Å²) in [5.74, 6) is -7.34. The van der Waals surface area contributed by atoms with Gasteiger partial charge in [-0.3, -0.25) is 9.59 Å². The van der Waals surface area contributed by atoms with Crippen molar-refractivity contribution in [2.45, 2.75) is 42.4 Å². The highest BCUT2D eigenvalue weighted by molar-refractivity contribution is 14.1. The molecule has 4 aliphatic carbocycles. The lowest BCUT2D eigenvalue weighted by Gasteiger charge is -2.57. The number of esters is 2. The maximum atomic E-state index is 14.8. The van der Waals surface area contributed by atoms with Crippen LogP contribution in [0, 0.1) is 36.6 Å². The van der Waals surface area contributed by atoms with Crippen LogP contribution in [0.3, 0.4) is 0 Å². The maximum Gasteiger partial charge on any atom is 0.315 e. The van der Waals surface area contributed by atoms with Crippen LogP contribution in [-0.2, 0) is 19.7 Å². The minimum atomic E-state index is -4.78. The van der Waals surface area contributed by atoms with Crippen LogP contribution in [-0.4, -0.2) is 30.9 Å². The molecule has 44 heavy (non-hydrogen) atoms. The predicted molar refractivity (Wildman–Crippen MR) is 166 cm³/mol. The number of benzene rings is 3. The average Bonchev–Trinajstić information content (AvgIpc) is 2.96. The van der Waals surface area contributed by atoms with Gasteiger partial charge in [0, 0.05) is 24.5 Å². The second kappa shape index (κ2) is 11.9. The van der Waals surface area contributed by atoms with Crippen LogP contribution in [0.5, 0.6) is 11.5 Å². The summed E-state index contributed by atoms with van der Waals surface area (Å²) in [6.07, 6.45) is 3.65.